The van der Waals surface area contributed by atoms with Gasteiger partial charge in [-0.25, -0.2) is 9.98 Å². The van der Waals surface area contributed by atoms with Crippen LogP contribution >= 0.6 is 0 Å². The lowest BCUT2D eigenvalue weighted by Gasteiger charge is -2.24. The summed E-state index contributed by atoms with van der Waals surface area (Å²) in [5.41, 5.74) is 11.6. The van der Waals surface area contributed by atoms with E-state index in [9.17, 15) is 0 Å². The minimum Gasteiger partial charge on any atom is -0.456 e. The van der Waals surface area contributed by atoms with E-state index in [1.54, 1.807) is 0 Å². The smallest absolute Gasteiger partial charge is 0.170 e. The Hall–Kier alpha value is -7.56. The number of furan rings is 1. The average molecular weight is 730 g/mol. The largest absolute Gasteiger partial charge is 0.456 e. The molecule has 1 atom stereocenters. The maximum Gasteiger partial charge on any atom is 0.170 e. The van der Waals surface area contributed by atoms with Crippen molar-refractivity contribution in [3.8, 4) is 33.4 Å². The summed E-state index contributed by atoms with van der Waals surface area (Å²) in [5.74, 6) is 1.57. The van der Waals surface area contributed by atoms with Gasteiger partial charge in [0.15, 0.2) is 6.17 Å². The van der Waals surface area contributed by atoms with Gasteiger partial charge in [0.1, 0.15) is 22.8 Å². The molecule has 1 aliphatic heterocycles. The first-order valence-electron chi connectivity index (χ1n) is 19.3. The van der Waals surface area contributed by atoms with Crippen LogP contribution in [0, 0.1) is 0 Å². The highest BCUT2D eigenvalue weighted by Crippen LogP contribution is 2.40. The molecule has 2 heterocycles. The molecule has 0 amide bonds. The summed E-state index contributed by atoms with van der Waals surface area (Å²) in [5, 5.41) is 10.4. The zero-order chi connectivity index (χ0) is 37.7. The molecule has 1 N–H and O–H groups in total. The van der Waals surface area contributed by atoms with Crippen LogP contribution in [0.5, 0.6) is 0 Å². The van der Waals surface area contributed by atoms with Crippen molar-refractivity contribution in [2.24, 2.45) is 9.98 Å². The molecular formula is C53H35N3O. The predicted octanol–water partition coefficient (Wildman–Crippen LogP) is 13.4. The molecule has 1 aliphatic rings. The first-order valence-corrected chi connectivity index (χ1v) is 19.3. The topological polar surface area (TPSA) is 49.9 Å². The second-order valence-electron chi connectivity index (χ2n) is 14.6. The second-order valence-corrected chi connectivity index (χ2v) is 14.6. The molecule has 0 radical (unpaired) electrons. The van der Waals surface area contributed by atoms with Crippen LogP contribution in [0.2, 0.25) is 0 Å². The van der Waals surface area contributed by atoms with E-state index in [0.29, 0.717) is 0 Å². The first kappa shape index (κ1) is 32.8. The number of nitrogens with one attached hydrogen (secondary N) is 1. The van der Waals surface area contributed by atoms with Crippen molar-refractivity contribution in [1.29, 1.82) is 0 Å². The van der Waals surface area contributed by atoms with E-state index in [1.807, 2.05) is 24.3 Å². The number of fused-ring (bicyclic) bond motifs is 6. The van der Waals surface area contributed by atoms with Crippen LogP contribution < -0.4 is 5.32 Å². The Morgan fingerprint density at radius 2 is 0.947 bits per heavy atom. The fourth-order valence-corrected chi connectivity index (χ4v) is 8.36. The normalized spacial score (nSPS) is 14.1. The van der Waals surface area contributed by atoms with Crippen LogP contribution in [0.3, 0.4) is 0 Å². The highest BCUT2D eigenvalue weighted by atomic mass is 16.3. The third kappa shape index (κ3) is 5.87. The van der Waals surface area contributed by atoms with Crippen molar-refractivity contribution in [2.75, 3.05) is 0 Å². The van der Waals surface area contributed by atoms with Crippen molar-refractivity contribution < 1.29 is 4.42 Å². The monoisotopic (exact) mass is 729 g/mol. The third-order valence-electron chi connectivity index (χ3n) is 11.1. The van der Waals surface area contributed by atoms with Crippen LogP contribution in [-0.4, -0.2) is 11.7 Å². The molecule has 0 spiro atoms. The van der Waals surface area contributed by atoms with E-state index in [4.69, 9.17) is 14.4 Å². The SMILES string of the molecule is c1ccc(C2=NC(c3cccc4oc5cc(-c6cc(-c7ccccc7)cc(-c7ccccc7)c6)ccc5c34)N=C(c3cc4ccccc4c4ccccc34)N2)cc1. The zero-order valence-electron chi connectivity index (χ0n) is 30.9. The minimum absolute atomic E-state index is 0.512. The number of nitrogens with zero attached hydrogens (tertiary/aromatic N) is 2. The lowest BCUT2D eigenvalue weighted by atomic mass is 9.93. The lowest BCUT2D eigenvalue weighted by Crippen LogP contribution is -2.36. The number of amidine groups is 2. The molecule has 10 aromatic rings. The molecular weight excluding hydrogens is 695 g/mol. The number of hydrogen-bond donors (Lipinski definition) is 1. The van der Waals surface area contributed by atoms with Gasteiger partial charge in [0.05, 0.1) is 0 Å². The van der Waals surface area contributed by atoms with Gasteiger partial charge < -0.3 is 9.73 Å². The summed E-state index contributed by atoms with van der Waals surface area (Å²) in [6.45, 7) is 0. The Morgan fingerprint density at radius 3 is 1.65 bits per heavy atom. The van der Waals surface area contributed by atoms with Gasteiger partial charge in [-0.1, -0.05) is 158 Å². The molecule has 9 aromatic carbocycles. The van der Waals surface area contributed by atoms with E-state index in [-0.39, 0.29) is 0 Å². The van der Waals surface area contributed by atoms with Crippen molar-refractivity contribution in [3.63, 3.8) is 0 Å². The summed E-state index contributed by atoms with van der Waals surface area (Å²) in [7, 11) is 0. The van der Waals surface area contributed by atoms with Gasteiger partial charge in [-0.15, -0.1) is 0 Å². The Labute approximate surface area is 330 Å². The summed E-state index contributed by atoms with van der Waals surface area (Å²) in [6.07, 6.45) is -0.512. The molecule has 1 aromatic heterocycles. The highest BCUT2D eigenvalue weighted by Gasteiger charge is 2.25. The Balaban J connectivity index is 1.07. The molecule has 0 saturated carbocycles. The molecule has 4 heteroatoms. The standard InChI is InChI=1S/C53H35N3O/c1-4-15-34(16-5-1)39-29-40(35-17-6-2-7-18-35)31-41(30-39)37-27-28-45-49(33-37)57-48-26-14-25-46(50(45)48)52-54-51(36-19-8-3-9-20-36)55-53(56-52)47-32-38-21-10-11-22-42(38)43-23-12-13-24-44(43)47/h1-33,52H,(H,54,55,56). The number of benzene rings is 9. The van der Waals surface area contributed by atoms with E-state index in [1.165, 1.54) is 38.4 Å². The molecule has 1 unspecified atom stereocenters. The fraction of sp³-hybridized carbons (Fsp3) is 0.0189. The molecule has 0 bridgehead atoms. The maximum absolute atomic E-state index is 6.69. The van der Waals surface area contributed by atoms with Gasteiger partial charge in [0.2, 0.25) is 0 Å². The maximum atomic E-state index is 6.69. The molecule has 4 nitrogen and oxygen atoms in total. The van der Waals surface area contributed by atoms with E-state index in [2.05, 4.69) is 181 Å². The van der Waals surface area contributed by atoms with Crippen LogP contribution in [0.25, 0.3) is 76.9 Å². The summed E-state index contributed by atoms with van der Waals surface area (Å²) < 4.78 is 6.69. The van der Waals surface area contributed by atoms with Gasteiger partial charge in [0, 0.05) is 27.5 Å². The molecule has 0 saturated heterocycles. The lowest BCUT2D eigenvalue weighted by molar-refractivity contribution is 0.668. The van der Waals surface area contributed by atoms with E-state index < -0.39 is 6.17 Å². The van der Waals surface area contributed by atoms with E-state index in [0.717, 1.165) is 66.8 Å². The van der Waals surface area contributed by atoms with Crippen LogP contribution in [-0.2, 0) is 0 Å². The van der Waals surface area contributed by atoms with Crippen molar-refractivity contribution in [3.05, 3.63) is 217 Å². The molecule has 0 aliphatic carbocycles. The van der Waals surface area contributed by atoms with Crippen LogP contribution in [0.4, 0.5) is 0 Å². The molecule has 57 heavy (non-hydrogen) atoms. The van der Waals surface area contributed by atoms with Crippen molar-refractivity contribution in [2.45, 2.75) is 6.17 Å². The van der Waals surface area contributed by atoms with Crippen LogP contribution in [0.1, 0.15) is 22.9 Å². The van der Waals surface area contributed by atoms with Crippen molar-refractivity contribution >= 4 is 55.2 Å². The van der Waals surface area contributed by atoms with Crippen molar-refractivity contribution in [1.82, 2.24) is 5.32 Å². The Bertz CT molecular complexity index is 3140. The Kier molecular flexibility index (Phi) is 7.85. The van der Waals surface area contributed by atoms with Gasteiger partial charge in [-0.3, -0.25) is 0 Å². The zero-order valence-corrected chi connectivity index (χ0v) is 30.9. The van der Waals surface area contributed by atoms with Gasteiger partial charge in [-0.2, -0.15) is 0 Å². The molecule has 268 valence electrons. The third-order valence-corrected chi connectivity index (χ3v) is 11.1. The van der Waals surface area contributed by atoms with Crippen LogP contribution in [0.15, 0.2) is 215 Å². The predicted molar refractivity (Wildman–Crippen MR) is 237 cm³/mol. The quantitative estimate of drug-likeness (QED) is 0.173. The summed E-state index contributed by atoms with van der Waals surface area (Å²) in [6, 6.07) is 70.5. The molecule has 0 fully saturated rings. The highest BCUT2D eigenvalue weighted by molar-refractivity contribution is 6.23. The first-order chi connectivity index (χ1) is 28.2. The van der Waals surface area contributed by atoms with E-state index >= 15 is 0 Å². The number of rotatable bonds is 6. The second kappa shape index (κ2) is 13.6. The minimum atomic E-state index is -0.512. The summed E-state index contributed by atoms with van der Waals surface area (Å²) >= 11 is 0. The Morgan fingerprint density at radius 1 is 0.368 bits per heavy atom. The molecule has 11 rings (SSSR count). The van der Waals surface area contributed by atoms with Gasteiger partial charge in [0.25, 0.3) is 0 Å². The van der Waals surface area contributed by atoms with Gasteiger partial charge in [-0.05, 0) is 97.4 Å². The number of hydrogen-bond acceptors (Lipinski definition) is 4. The average Bonchev–Trinajstić information content (AvgIpc) is 3.68. The fourth-order valence-electron chi connectivity index (χ4n) is 8.36. The number of aliphatic imine (C=N–C) groups is 2. The summed E-state index contributed by atoms with van der Waals surface area (Å²) in [4.78, 5) is 10.7. The van der Waals surface area contributed by atoms with Gasteiger partial charge >= 0.3 is 0 Å².